The zero-order valence-electron chi connectivity index (χ0n) is 19.4. The first-order chi connectivity index (χ1) is 16.0. The van der Waals surface area contributed by atoms with Crippen molar-refractivity contribution >= 4 is 29.1 Å². The minimum atomic E-state index is -0.0523. The van der Waals surface area contributed by atoms with Crippen molar-refractivity contribution in [3.63, 3.8) is 0 Å². The van der Waals surface area contributed by atoms with Gasteiger partial charge in [-0.3, -0.25) is 9.59 Å². The number of ether oxygens (including phenoxy) is 1. The van der Waals surface area contributed by atoms with Gasteiger partial charge < -0.3 is 19.4 Å². The van der Waals surface area contributed by atoms with E-state index in [1.54, 1.807) is 13.3 Å². The van der Waals surface area contributed by atoms with E-state index >= 15 is 0 Å². The number of pyridine rings is 1. The van der Waals surface area contributed by atoms with Crippen molar-refractivity contribution in [1.82, 2.24) is 19.6 Å². The number of fused-ring (bicyclic) bond motifs is 1. The predicted octanol–water partition coefficient (Wildman–Crippen LogP) is 3.90. The van der Waals surface area contributed by atoms with Crippen LogP contribution in [0.4, 0.5) is 0 Å². The molecule has 0 radical (unpaired) electrons. The van der Waals surface area contributed by atoms with E-state index in [0.29, 0.717) is 18.0 Å². The maximum atomic E-state index is 13.0. The normalized spacial score (nSPS) is 24.2. The SMILES string of the molecule is COC1CC(Cl)CCC1C(=O)N1CCC(CCCCNC(=O)c2ccc3nccn3c2)CC1. The molecule has 2 amide bonds. The largest absolute Gasteiger partial charge is 0.381 e. The van der Waals surface area contributed by atoms with E-state index < -0.39 is 0 Å². The molecule has 2 aromatic rings. The van der Waals surface area contributed by atoms with E-state index in [-0.39, 0.29) is 29.2 Å². The standard InChI is InChI=1S/C25H35ClN4O3/c1-33-22-16-20(26)6-7-21(22)25(32)29-13-9-18(10-14-29)4-2-3-11-28-24(31)19-5-8-23-27-12-15-30(23)17-19/h5,8,12,15,17-18,20-22H,2-4,6-7,9-11,13-14,16H2,1H3,(H,28,31). The van der Waals surface area contributed by atoms with Gasteiger partial charge in [-0.2, -0.15) is 0 Å². The Morgan fingerprint density at radius 2 is 2.00 bits per heavy atom. The number of piperidine rings is 1. The molecule has 1 saturated heterocycles. The minimum Gasteiger partial charge on any atom is -0.381 e. The van der Waals surface area contributed by atoms with Gasteiger partial charge in [-0.15, -0.1) is 11.6 Å². The second-order valence-corrected chi connectivity index (χ2v) is 10.0. The van der Waals surface area contributed by atoms with Crippen LogP contribution in [0.1, 0.15) is 61.7 Å². The first-order valence-electron chi connectivity index (χ1n) is 12.2. The molecule has 2 fully saturated rings. The number of nitrogens with zero attached hydrogens (tertiary/aromatic N) is 3. The van der Waals surface area contributed by atoms with Crippen LogP contribution in [0.5, 0.6) is 0 Å². The molecule has 8 heteroatoms. The molecule has 3 atom stereocenters. The van der Waals surface area contributed by atoms with Crippen molar-refractivity contribution in [2.45, 2.75) is 62.8 Å². The summed E-state index contributed by atoms with van der Waals surface area (Å²) in [5.74, 6) is 0.820. The number of halogens is 1. The summed E-state index contributed by atoms with van der Waals surface area (Å²) in [5.41, 5.74) is 1.48. The maximum absolute atomic E-state index is 13.0. The molecule has 1 aliphatic carbocycles. The fourth-order valence-corrected chi connectivity index (χ4v) is 5.52. The minimum absolute atomic E-state index is 0.0420. The van der Waals surface area contributed by atoms with Crippen molar-refractivity contribution in [3.05, 3.63) is 36.3 Å². The molecule has 1 aliphatic heterocycles. The number of likely N-dealkylation sites (tertiary alicyclic amines) is 1. The molecular weight excluding hydrogens is 440 g/mol. The number of aromatic nitrogens is 2. The van der Waals surface area contributed by atoms with Crippen LogP contribution < -0.4 is 5.32 Å². The summed E-state index contributed by atoms with van der Waals surface area (Å²) in [6, 6.07) is 3.66. The molecule has 0 aromatic carbocycles. The number of carbonyl (C=O) groups excluding carboxylic acids is 2. The molecule has 7 nitrogen and oxygen atoms in total. The monoisotopic (exact) mass is 474 g/mol. The van der Waals surface area contributed by atoms with Gasteiger partial charge in [0, 0.05) is 50.7 Å². The predicted molar refractivity (Wildman–Crippen MR) is 128 cm³/mol. The number of methoxy groups -OCH3 is 1. The number of carbonyl (C=O) groups is 2. The Kier molecular flexibility index (Phi) is 8.25. The summed E-state index contributed by atoms with van der Waals surface area (Å²) in [4.78, 5) is 31.6. The number of unbranched alkanes of at least 4 members (excludes halogenated alkanes) is 1. The highest BCUT2D eigenvalue weighted by atomic mass is 35.5. The lowest BCUT2D eigenvalue weighted by molar-refractivity contribution is -0.143. The van der Waals surface area contributed by atoms with E-state index in [9.17, 15) is 9.59 Å². The average molecular weight is 475 g/mol. The smallest absolute Gasteiger partial charge is 0.252 e. The first-order valence-corrected chi connectivity index (χ1v) is 12.7. The van der Waals surface area contributed by atoms with Gasteiger partial charge in [0.25, 0.3) is 5.91 Å². The van der Waals surface area contributed by atoms with Crippen molar-refractivity contribution in [3.8, 4) is 0 Å². The Morgan fingerprint density at radius 1 is 1.18 bits per heavy atom. The Hall–Kier alpha value is -2.12. The van der Waals surface area contributed by atoms with E-state index in [2.05, 4.69) is 10.3 Å². The molecular formula is C25H35ClN4O3. The van der Waals surface area contributed by atoms with E-state index in [4.69, 9.17) is 16.3 Å². The van der Waals surface area contributed by atoms with E-state index in [0.717, 1.165) is 70.1 Å². The zero-order valence-corrected chi connectivity index (χ0v) is 20.2. The molecule has 3 unspecified atom stereocenters. The third kappa shape index (κ3) is 6.07. The highest BCUT2D eigenvalue weighted by molar-refractivity contribution is 6.20. The van der Waals surface area contributed by atoms with Gasteiger partial charge in [-0.25, -0.2) is 4.98 Å². The third-order valence-electron chi connectivity index (χ3n) is 7.25. The number of rotatable bonds is 8. The summed E-state index contributed by atoms with van der Waals surface area (Å²) in [7, 11) is 1.69. The van der Waals surface area contributed by atoms with E-state index in [1.165, 1.54) is 0 Å². The highest BCUT2D eigenvalue weighted by Gasteiger charge is 2.37. The molecule has 0 bridgehead atoms. The number of alkyl halides is 1. The van der Waals surface area contributed by atoms with Crippen molar-refractivity contribution < 1.29 is 14.3 Å². The van der Waals surface area contributed by atoms with Gasteiger partial charge in [0.15, 0.2) is 0 Å². The third-order valence-corrected chi connectivity index (χ3v) is 7.65. The van der Waals surface area contributed by atoms with Gasteiger partial charge in [-0.1, -0.05) is 12.8 Å². The van der Waals surface area contributed by atoms with Gasteiger partial charge in [-0.05, 0) is 56.6 Å². The Morgan fingerprint density at radius 3 is 2.79 bits per heavy atom. The molecule has 33 heavy (non-hydrogen) atoms. The fourth-order valence-electron chi connectivity index (χ4n) is 5.22. The lowest BCUT2D eigenvalue weighted by atomic mass is 9.84. The van der Waals surface area contributed by atoms with Crippen LogP contribution in [-0.4, -0.2) is 64.3 Å². The van der Waals surface area contributed by atoms with Crippen molar-refractivity contribution in [1.29, 1.82) is 0 Å². The molecule has 2 aromatic heterocycles. The molecule has 1 saturated carbocycles. The first kappa shape index (κ1) is 24.0. The number of imidazole rings is 1. The summed E-state index contributed by atoms with van der Waals surface area (Å²) >= 11 is 6.27. The van der Waals surface area contributed by atoms with Crippen LogP contribution in [0.25, 0.3) is 5.65 Å². The Bertz CT molecular complexity index is 941. The summed E-state index contributed by atoms with van der Waals surface area (Å²) in [5, 5.41) is 3.14. The highest BCUT2D eigenvalue weighted by Crippen LogP contribution is 2.32. The quantitative estimate of drug-likeness (QED) is 0.465. The average Bonchev–Trinajstić information content (AvgIpc) is 3.31. The van der Waals surface area contributed by atoms with Gasteiger partial charge in [0.2, 0.25) is 5.91 Å². The second kappa shape index (κ2) is 11.3. The molecule has 1 N–H and O–H groups in total. The maximum Gasteiger partial charge on any atom is 0.252 e. The van der Waals surface area contributed by atoms with E-state index in [1.807, 2.05) is 33.8 Å². The van der Waals surface area contributed by atoms with Crippen molar-refractivity contribution in [2.24, 2.45) is 11.8 Å². The molecule has 0 spiro atoms. The summed E-state index contributed by atoms with van der Waals surface area (Å²) < 4.78 is 7.43. The number of hydrogen-bond acceptors (Lipinski definition) is 4. The van der Waals surface area contributed by atoms with Gasteiger partial charge in [0.1, 0.15) is 5.65 Å². The van der Waals surface area contributed by atoms with Crippen LogP contribution >= 0.6 is 11.6 Å². The zero-order chi connectivity index (χ0) is 23.2. The fraction of sp³-hybridized carbons (Fsp3) is 0.640. The van der Waals surface area contributed by atoms with Crippen LogP contribution in [-0.2, 0) is 9.53 Å². The Balaban J connectivity index is 1.12. The molecule has 3 heterocycles. The molecule has 180 valence electrons. The van der Waals surface area contributed by atoms with Crippen LogP contribution in [0.3, 0.4) is 0 Å². The number of nitrogens with one attached hydrogen (secondary N) is 1. The van der Waals surface area contributed by atoms with Gasteiger partial charge in [0.05, 0.1) is 17.6 Å². The van der Waals surface area contributed by atoms with Gasteiger partial charge >= 0.3 is 0 Å². The van der Waals surface area contributed by atoms with Crippen LogP contribution in [0.2, 0.25) is 0 Å². The summed E-state index contributed by atoms with van der Waals surface area (Å²) in [6.07, 6.45) is 13.1. The number of hydrogen-bond donors (Lipinski definition) is 1. The van der Waals surface area contributed by atoms with Crippen LogP contribution in [0, 0.1) is 11.8 Å². The molecule has 4 rings (SSSR count). The lowest BCUT2D eigenvalue weighted by Gasteiger charge is -2.38. The van der Waals surface area contributed by atoms with Crippen LogP contribution in [0.15, 0.2) is 30.7 Å². The Labute approximate surface area is 200 Å². The lowest BCUT2D eigenvalue weighted by Crippen LogP contribution is -2.47. The topological polar surface area (TPSA) is 75.9 Å². The van der Waals surface area contributed by atoms with Crippen molar-refractivity contribution in [2.75, 3.05) is 26.7 Å². The summed E-state index contributed by atoms with van der Waals surface area (Å²) in [6.45, 7) is 2.36. The molecule has 2 aliphatic rings. The number of amides is 2. The second-order valence-electron chi connectivity index (χ2n) is 9.42.